The highest BCUT2D eigenvalue weighted by molar-refractivity contribution is 6.80. The summed E-state index contributed by atoms with van der Waals surface area (Å²) in [5.41, 5.74) is -0.901. The van der Waals surface area contributed by atoms with Crippen molar-refractivity contribution in [3.05, 3.63) is 89.5 Å². The predicted octanol–water partition coefficient (Wildman–Crippen LogP) is 4.92. The van der Waals surface area contributed by atoms with Crippen LogP contribution in [0.25, 0.3) is 0 Å². The molecule has 0 aliphatic carbocycles. The Morgan fingerprint density at radius 2 is 1.47 bits per heavy atom. The highest BCUT2D eigenvalue weighted by Crippen LogP contribution is 2.44. The fourth-order valence-electron chi connectivity index (χ4n) is 5.16. The minimum absolute atomic E-state index is 0.0447. The van der Waals surface area contributed by atoms with Gasteiger partial charge in [0.1, 0.15) is 0 Å². The SMILES string of the molecule is C[C@@H]1CN(c2c(C(O[SiH](c3ccccc3)c3ccccc3)C(C)(C)C)cc(C(=O)O)c(F)c2F)C[C@H](C)O1. The van der Waals surface area contributed by atoms with Crippen LogP contribution in [0.5, 0.6) is 0 Å². The Morgan fingerprint density at radius 3 is 1.92 bits per heavy atom. The number of ether oxygens (including phenoxy) is 1. The summed E-state index contributed by atoms with van der Waals surface area (Å²) in [7, 11) is -2.34. The standard InChI is InChI=1S/C30H35F2NO4Si/c1-19-17-33(18-20(2)36-19)27-24(16-23(29(34)35)25(31)26(27)32)28(30(3,4)5)37-38(21-12-8-6-9-13-21)22-14-10-7-11-15-22/h6-16,19-20,28,38H,17-18H2,1-5H3,(H,34,35)/t19-,20+,28?. The van der Waals surface area contributed by atoms with Gasteiger partial charge in [0.15, 0.2) is 11.6 Å². The molecular formula is C30H35F2NO4Si. The molecule has 3 aromatic carbocycles. The van der Waals surface area contributed by atoms with E-state index in [2.05, 4.69) is 0 Å². The molecule has 8 heteroatoms. The number of aromatic carboxylic acids is 1. The highest BCUT2D eigenvalue weighted by Gasteiger charge is 2.38. The molecular weight excluding hydrogens is 504 g/mol. The number of carbonyl (C=O) groups is 1. The molecule has 3 aromatic rings. The molecule has 3 atom stereocenters. The largest absolute Gasteiger partial charge is 0.478 e. The van der Waals surface area contributed by atoms with E-state index in [0.29, 0.717) is 18.7 Å². The Balaban J connectivity index is 1.92. The van der Waals surface area contributed by atoms with Crippen LogP contribution in [0.3, 0.4) is 0 Å². The van der Waals surface area contributed by atoms with Gasteiger partial charge in [-0.15, -0.1) is 0 Å². The summed E-state index contributed by atoms with van der Waals surface area (Å²) < 4.78 is 43.9. The predicted molar refractivity (Wildman–Crippen MR) is 148 cm³/mol. The molecule has 1 unspecified atom stereocenters. The van der Waals surface area contributed by atoms with Crippen molar-refractivity contribution in [2.75, 3.05) is 18.0 Å². The molecule has 5 nitrogen and oxygen atoms in total. The van der Waals surface area contributed by atoms with Crippen LogP contribution in [-0.2, 0) is 9.16 Å². The molecule has 0 radical (unpaired) electrons. The van der Waals surface area contributed by atoms with Gasteiger partial charge in [0.25, 0.3) is 0 Å². The molecule has 1 fully saturated rings. The highest BCUT2D eigenvalue weighted by atomic mass is 28.3. The van der Waals surface area contributed by atoms with Crippen LogP contribution in [-0.4, -0.2) is 45.4 Å². The average molecular weight is 540 g/mol. The van der Waals surface area contributed by atoms with Crippen LogP contribution in [0.1, 0.15) is 56.6 Å². The summed E-state index contributed by atoms with van der Waals surface area (Å²) in [6, 6.07) is 21.0. The van der Waals surface area contributed by atoms with Crippen LogP contribution in [0.15, 0.2) is 66.7 Å². The maximum absolute atomic E-state index is 15.9. The summed E-state index contributed by atoms with van der Waals surface area (Å²) in [6.45, 7) is 10.4. The summed E-state index contributed by atoms with van der Waals surface area (Å²) >= 11 is 0. The third kappa shape index (κ3) is 5.98. The zero-order valence-electron chi connectivity index (χ0n) is 22.4. The number of morpholine rings is 1. The number of anilines is 1. The molecule has 0 bridgehead atoms. The van der Waals surface area contributed by atoms with E-state index < -0.39 is 43.7 Å². The first-order valence-electron chi connectivity index (χ1n) is 12.9. The van der Waals surface area contributed by atoms with E-state index in [1.807, 2.05) is 95.3 Å². The van der Waals surface area contributed by atoms with Crippen LogP contribution >= 0.6 is 0 Å². The lowest BCUT2D eigenvalue weighted by molar-refractivity contribution is -0.00577. The first-order chi connectivity index (χ1) is 18.0. The van der Waals surface area contributed by atoms with Crippen LogP contribution in [0.2, 0.25) is 0 Å². The molecule has 0 amide bonds. The normalized spacial score (nSPS) is 19.0. The number of nitrogens with zero attached hydrogens (tertiary/aromatic N) is 1. The third-order valence-electron chi connectivity index (χ3n) is 6.72. The Morgan fingerprint density at radius 1 is 0.974 bits per heavy atom. The molecule has 0 saturated carbocycles. The van der Waals surface area contributed by atoms with E-state index in [0.717, 1.165) is 10.4 Å². The van der Waals surface area contributed by atoms with Gasteiger partial charge in [0.2, 0.25) is 9.04 Å². The zero-order chi connectivity index (χ0) is 27.6. The second-order valence-electron chi connectivity index (χ2n) is 11.0. The van der Waals surface area contributed by atoms with Gasteiger partial charge in [-0.05, 0) is 35.7 Å². The van der Waals surface area contributed by atoms with E-state index in [9.17, 15) is 9.90 Å². The molecule has 202 valence electrons. The van der Waals surface area contributed by atoms with E-state index in [1.165, 1.54) is 6.07 Å². The summed E-state index contributed by atoms with van der Waals surface area (Å²) in [5, 5.41) is 11.8. The van der Waals surface area contributed by atoms with E-state index in [1.54, 1.807) is 4.90 Å². The van der Waals surface area contributed by atoms with Gasteiger partial charge in [0, 0.05) is 18.7 Å². The van der Waals surface area contributed by atoms with Crippen molar-refractivity contribution in [1.82, 2.24) is 0 Å². The Hall–Kier alpha value is -3.07. The second-order valence-corrected chi connectivity index (χ2v) is 13.4. The van der Waals surface area contributed by atoms with Crippen molar-refractivity contribution in [3.63, 3.8) is 0 Å². The summed E-state index contributed by atoms with van der Waals surface area (Å²) in [5.74, 6) is -4.06. The van der Waals surface area contributed by atoms with Gasteiger partial charge in [-0.25, -0.2) is 13.6 Å². The van der Waals surface area contributed by atoms with E-state index in [-0.39, 0.29) is 17.9 Å². The molecule has 0 spiro atoms. The summed E-state index contributed by atoms with van der Waals surface area (Å²) in [4.78, 5) is 13.7. The minimum Gasteiger partial charge on any atom is -0.478 e. The molecule has 1 saturated heterocycles. The van der Waals surface area contributed by atoms with Crippen molar-refractivity contribution in [2.45, 2.75) is 52.9 Å². The quantitative estimate of drug-likeness (QED) is 0.432. The maximum Gasteiger partial charge on any atom is 0.338 e. The fraction of sp³-hybridized carbons (Fsp3) is 0.367. The van der Waals surface area contributed by atoms with Crippen LogP contribution in [0.4, 0.5) is 14.5 Å². The Kier molecular flexibility index (Phi) is 8.35. The molecule has 1 aliphatic heterocycles. The smallest absolute Gasteiger partial charge is 0.338 e. The van der Waals surface area contributed by atoms with Gasteiger partial charge in [-0.1, -0.05) is 81.4 Å². The molecule has 4 rings (SSSR count). The molecule has 1 aliphatic rings. The molecule has 1 N–H and O–H groups in total. The van der Waals surface area contributed by atoms with Crippen LogP contribution in [0, 0.1) is 17.0 Å². The fourth-order valence-corrected chi connectivity index (χ4v) is 7.83. The molecule has 1 heterocycles. The lowest BCUT2D eigenvalue weighted by Gasteiger charge is -2.41. The van der Waals surface area contributed by atoms with E-state index >= 15 is 8.78 Å². The van der Waals surface area contributed by atoms with Gasteiger partial charge in [-0.2, -0.15) is 0 Å². The van der Waals surface area contributed by atoms with Crippen molar-refractivity contribution >= 4 is 31.1 Å². The number of rotatable bonds is 7. The number of carboxylic acid groups (broad SMARTS) is 1. The van der Waals surface area contributed by atoms with Crippen molar-refractivity contribution in [1.29, 1.82) is 0 Å². The van der Waals surface area contributed by atoms with Gasteiger partial charge in [0.05, 0.1) is 29.6 Å². The van der Waals surface area contributed by atoms with Gasteiger partial charge in [-0.3, -0.25) is 0 Å². The number of hydrogen-bond acceptors (Lipinski definition) is 4. The first kappa shape index (κ1) is 27.9. The van der Waals surface area contributed by atoms with E-state index in [4.69, 9.17) is 9.16 Å². The van der Waals surface area contributed by atoms with Crippen molar-refractivity contribution in [3.8, 4) is 0 Å². The number of halogens is 2. The topological polar surface area (TPSA) is 59.0 Å². The van der Waals surface area contributed by atoms with Crippen LogP contribution < -0.4 is 15.3 Å². The second kappa shape index (κ2) is 11.4. The number of carboxylic acids is 1. The summed E-state index contributed by atoms with van der Waals surface area (Å²) in [6.07, 6.45) is -1.15. The number of benzene rings is 3. The first-order valence-corrected chi connectivity index (χ1v) is 14.5. The van der Waals surface area contributed by atoms with Gasteiger partial charge >= 0.3 is 5.97 Å². The molecule has 38 heavy (non-hydrogen) atoms. The molecule has 0 aromatic heterocycles. The number of hydrogen-bond donors (Lipinski definition) is 1. The maximum atomic E-state index is 15.9. The lowest BCUT2D eigenvalue weighted by atomic mass is 9.83. The zero-order valence-corrected chi connectivity index (χ0v) is 23.6. The van der Waals surface area contributed by atoms with Gasteiger partial charge < -0.3 is 19.2 Å². The average Bonchev–Trinajstić information content (AvgIpc) is 2.86. The Labute approximate surface area is 224 Å². The van der Waals surface area contributed by atoms with Crippen molar-refractivity contribution in [2.24, 2.45) is 5.41 Å². The third-order valence-corrected chi connectivity index (χ3v) is 9.25. The monoisotopic (exact) mass is 539 g/mol. The Bertz CT molecular complexity index is 1220. The van der Waals surface area contributed by atoms with Crippen molar-refractivity contribution < 1.29 is 27.8 Å². The lowest BCUT2D eigenvalue weighted by Crippen LogP contribution is -2.48. The minimum atomic E-state index is -2.34.